The van der Waals surface area contributed by atoms with Gasteiger partial charge in [0.25, 0.3) is 0 Å². The number of aromatic amines is 1. The SMILES string of the molecule is COc1cc(CCC(=O)CC(=O)CCCCCCC2CCCCC2)cc(C(c2ccnc(N)c2)C(CO)Cc2ccc[nH]2)c1O. The van der Waals surface area contributed by atoms with Crippen molar-refractivity contribution in [2.45, 2.75) is 102 Å². The summed E-state index contributed by atoms with van der Waals surface area (Å²) in [5.41, 5.74) is 9.19. The minimum Gasteiger partial charge on any atom is -0.504 e. The predicted molar refractivity (Wildman–Crippen MR) is 177 cm³/mol. The fraction of sp³-hybridized carbons (Fsp3) is 0.541. The number of H-pyrrole nitrogens is 1. The van der Waals surface area contributed by atoms with Gasteiger partial charge in [0.05, 0.1) is 13.5 Å². The molecule has 0 aliphatic heterocycles. The maximum atomic E-state index is 12.8. The van der Waals surface area contributed by atoms with Crippen molar-refractivity contribution in [2.75, 3.05) is 19.5 Å². The van der Waals surface area contributed by atoms with Crippen LogP contribution in [0.1, 0.15) is 112 Å². The Kier molecular flexibility index (Phi) is 13.5. The van der Waals surface area contributed by atoms with E-state index in [0.29, 0.717) is 30.6 Å². The smallest absolute Gasteiger partial charge is 0.161 e. The molecule has 2 unspecified atom stereocenters. The number of methoxy groups -OCH3 is 1. The fourth-order valence-electron chi connectivity index (χ4n) is 6.92. The lowest BCUT2D eigenvalue weighted by atomic mass is 9.78. The number of aliphatic hydroxyl groups excluding tert-OH is 1. The highest BCUT2D eigenvalue weighted by atomic mass is 16.5. The molecule has 8 nitrogen and oxygen atoms in total. The van der Waals surface area contributed by atoms with E-state index in [4.69, 9.17) is 10.5 Å². The molecular formula is C37H51N3O5. The molecule has 1 saturated carbocycles. The maximum absolute atomic E-state index is 12.8. The summed E-state index contributed by atoms with van der Waals surface area (Å²) in [6, 6.07) is 11.1. The van der Waals surface area contributed by atoms with Crippen molar-refractivity contribution >= 4 is 17.4 Å². The first-order valence-electron chi connectivity index (χ1n) is 16.8. The van der Waals surface area contributed by atoms with E-state index in [1.54, 1.807) is 18.3 Å². The van der Waals surface area contributed by atoms with Crippen LogP contribution < -0.4 is 10.5 Å². The van der Waals surface area contributed by atoms with Crippen LogP contribution in [0.15, 0.2) is 48.8 Å². The van der Waals surface area contributed by atoms with Gasteiger partial charge >= 0.3 is 0 Å². The third kappa shape index (κ3) is 10.5. The molecule has 0 amide bonds. The standard InChI is InChI=1S/C37H51N3O5/c1-45-34-21-27(15-16-32(43)24-31(42)14-8-3-2-5-10-26-11-6-4-7-12-26)20-33(37(34)44)36(28-17-19-40-35(38)23-28)29(25-41)22-30-13-9-18-39-30/h9,13,17-21,23,26,29,36,39,41,44H,2-8,10-12,14-16,22,24-25H2,1H3,(H2,38,40). The number of nitrogens with one attached hydrogen (secondary N) is 1. The van der Waals surface area contributed by atoms with Crippen molar-refractivity contribution in [2.24, 2.45) is 11.8 Å². The van der Waals surface area contributed by atoms with Gasteiger partial charge in [0, 0.05) is 49.0 Å². The lowest BCUT2D eigenvalue weighted by molar-refractivity contribution is -0.127. The van der Waals surface area contributed by atoms with Gasteiger partial charge in [-0.25, -0.2) is 4.98 Å². The van der Waals surface area contributed by atoms with Crippen molar-refractivity contribution in [3.8, 4) is 11.5 Å². The van der Waals surface area contributed by atoms with Gasteiger partial charge in [-0.05, 0) is 72.6 Å². The minimum absolute atomic E-state index is 0.0155. The molecule has 0 spiro atoms. The van der Waals surface area contributed by atoms with E-state index in [9.17, 15) is 19.8 Å². The summed E-state index contributed by atoms with van der Waals surface area (Å²) in [4.78, 5) is 32.7. The first-order valence-corrected chi connectivity index (χ1v) is 16.8. The first-order chi connectivity index (χ1) is 21.9. The van der Waals surface area contributed by atoms with Gasteiger partial charge < -0.3 is 25.7 Å². The number of ketones is 2. The maximum Gasteiger partial charge on any atom is 0.161 e. The summed E-state index contributed by atoms with van der Waals surface area (Å²) in [6.07, 6.45) is 17.6. The van der Waals surface area contributed by atoms with Crippen LogP contribution in [0.3, 0.4) is 0 Å². The molecule has 1 aromatic carbocycles. The minimum atomic E-state index is -0.433. The Morgan fingerprint density at radius 1 is 1.04 bits per heavy atom. The number of phenols is 1. The number of hydrogen-bond donors (Lipinski definition) is 4. The van der Waals surface area contributed by atoms with Crippen molar-refractivity contribution in [3.63, 3.8) is 0 Å². The molecule has 5 N–H and O–H groups in total. The second kappa shape index (κ2) is 17.7. The molecule has 45 heavy (non-hydrogen) atoms. The molecule has 8 heteroatoms. The number of rotatable bonds is 19. The lowest BCUT2D eigenvalue weighted by Gasteiger charge is -2.28. The van der Waals surface area contributed by atoms with Gasteiger partial charge in [-0.1, -0.05) is 63.9 Å². The molecule has 0 bridgehead atoms. The molecule has 2 heterocycles. The van der Waals surface area contributed by atoms with Crippen LogP contribution in [0.25, 0.3) is 0 Å². The quantitative estimate of drug-likeness (QED) is 0.0833. The number of nitrogen functional groups attached to an aromatic ring is 1. The lowest BCUT2D eigenvalue weighted by Crippen LogP contribution is -2.22. The molecule has 1 aliphatic rings. The third-order valence-corrected chi connectivity index (χ3v) is 9.36. The zero-order valence-electron chi connectivity index (χ0n) is 26.8. The van der Waals surface area contributed by atoms with E-state index < -0.39 is 5.92 Å². The summed E-state index contributed by atoms with van der Waals surface area (Å²) < 4.78 is 5.54. The number of anilines is 1. The Morgan fingerprint density at radius 2 is 1.82 bits per heavy atom. The summed E-state index contributed by atoms with van der Waals surface area (Å²) in [5, 5.41) is 21.9. The number of aryl methyl sites for hydroxylation is 1. The zero-order valence-corrected chi connectivity index (χ0v) is 26.8. The number of aromatic nitrogens is 2. The molecule has 2 atom stereocenters. The first kappa shape index (κ1) is 34.2. The van der Waals surface area contributed by atoms with Crippen molar-refractivity contribution in [1.82, 2.24) is 9.97 Å². The van der Waals surface area contributed by atoms with Gasteiger partial charge in [0.1, 0.15) is 17.4 Å². The summed E-state index contributed by atoms with van der Waals surface area (Å²) in [5.74, 6) is 0.714. The second-order valence-corrected chi connectivity index (χ2v) is 12.8. The number of nitrogens with two attached hydrogens (primary N) is 1. The molecule has 1 aliphatic carbocycles. The Balaban J connectivity index is 1.37. The van der Waals surface area contributed by atoms with Crippen LogP contribution >= 0.6 is 0 Å². The molecule has 3 aromatic rings. The van der Waals surface area contributed by atoms with Crippen molar-refractivity contribution < 1.29 is 24.5 Å². The van der Waals surface area contributed by atoms with Crippen LogP contribution in [0, 0.1) is 11.8 Å². The van der Waals surface area contributed by atoms with E-state index in [0.717, 1.165) is 42.0 Å². The average Bonchev–Trinajstić information content (AvgIpc) is 3.56. The van der Waals surface area contributed by atoms with Gasteiger partial charge in [-0.2, -0.15) is 0 Å². The Hall–Kier alpha value is -3.65. The predicted octanol–water partition coefficient (Wildman–Crippen LogP) is 7.07. The van der Waals surface area contributed by atoms with E-state index in [1.807, 2.05) is 30.5 Å². The average molecular weight is 618 g/mol. The van der Waals surface area contributed by atoms with Gasteiger partial charge in [-0.15, -0.1) is 0 Å². The largest absolute Gasteiger partial charge is 0.504 e. The number of carbonyl (C=O) groups is 2. The number of Topliss-reactive ketones (excluding diaryl/α,β-unsaturated/α-hetero) is 2. The molecule has 4 rings (SSSR count). The van der Waals surface area contributed by atoms with E-state index in [-0.39, 0.29) is 48.4 Å². The molecular weight excluding hydrogens is 566 g/mol. The normalized spacial score (nSPS) is 15.1. The highest BCUT2D eigenvalue weighted by Gasteiger charge is 2.30. The van der Waals surface area contributed by atoms with Crippen LogP contribution in [0.5, 0.6) is 11.5 Å². The van der Waals surface area contributed by atoms with Crippen LogP contribution in [0.4, 0.5) is 5.82 Å². The van der Waals surface area contributed by atoms with Crippen LogP contribution in [0.2, 0.25) is 0 Å². The van der Waals surface area contributed by atoms with Crippen molar-refractivity contribution in [3.05, 3.63) is 71.2 Å². The summed E-state index contributed by atoms with van der Waals surface area (Å²) >= 11 is 0. The second-order valence-electron chi connectivity index (χ2n) is 12.8. The number of aliphatic hydroxyl groups is 1. The number of hydrogen-bond acceptors (Lipinski definition) is 7. The monoisotopic (exact) mass is 617 g/mol. The topological polar surface area (TPSA) is 139 Å². The van der Waals surface area contributed by atoms with E-state index in [2.05, 4.69) is 9.97 Å². The van der Waals surface area contributed by atoms with Gasteiger partial charge in [-0.3, -0.25) is 9.59 Å². The highest BCUT2D eigenvalue weighted by molar-refractivity contribution is 5.99. The number of carbonyl (C=O) groups excluding carboxylic acids is 2. The van der Waals surface area contributed by atoms with Crippen molar-refractivity contribution in [1.29, 1.82) is 0 Å². The Bertz CT molecular complexity index is 1350. The third-order valence-electron chi connectivity index (χ3n) is 9.36. The fourth-order valence-corrected chi connectivity index (χ4v) is 6.92. The number of ether oxygens (including phenoxy) is 1. The molecule has 1 fully saturated rings. The Labute approximate surface area is 267 Å². The number of benzene rings is 1. The summed E-state index contributed by atoms with van der Waals surface area (Å²) in [6.45, 7) is -0.140. The molecule has 0 saturated heterocycles. The number of aromatic hydroxyl groups is 1. The molecule has 2 aromatic heterocycles. The summed E-state index contributed by atoms with van der Waals surface area (Å²) in [7, 11) is 1.49. The van der Waals surface area contributed by atoms with E-state index >= 15 is 0 Å². The Morgan fingerprint density at radius 3 is 2.53 bits per heavy atom. The molecule has 244 valence electrons. The van der Waals surface area contributed by atoms with E-state index in [1.165, 1.54) is 52.1 Å². The number of phenolic OH excluding ortho intramolecular Hbond substituents is 1. The van der Waals surface area contributed by atoms with Gasteiger partial charge in [0.2, 0.25) is 0 Å². The molecule has 0 radical (unpaired) electrons. The number of unbranched alkanes of at least 4 members (excludes halogenated alkanes) is 3. The highest BCUT2D eigenvalue weighted by Crippen LogP contribution is 2.43. The van der Waals surface area contributed by atoms with Crippen LogP contribution in [-0.2, 0) is 22.4 Å². The zero-order chi connectivity index (χ0) is 32.0. The number of pyridine rings is 1. The van der Waals surface area contributed by atoms with Crippen LogP contribution in [-0.4, -0.2) is 45.5 Å². The number of nitrogens with zero attached hydrogens (tertiary/aromatic N) is 1. The van der Waals surface area contributed by atoms with Gasteiger partial charge in [0.15, 0.2) is 11.5 Å².